The molecule has 1 aromatic rings. The summed E-state index contributed by atoms with van der Waals surface area (Å²) in [6.07, 6.45) is 0. The van der Waals surface area contributed by atoms with Crippen molar-refractivity contribution < 1.29 is 12.8 Å². The number of hydrogen-bond donors (Lipinski definition) is 1. The van der Waals surface area contributed by atoms with Crippen molar-refractivity contribution in [1.29, 1.82) is 0 Å². The number of nitrogens with one attached hydrogen (secondary N) is 1. The first-order valence-corrected chi connectivity index (χ1v) is 6.98. The molecule has 1 N–H and O–H groups in total. The van der Waals surface area contributed by atoms with Crippen LogP contribution < -0.4 is 5.32 Å². The highest BCUT2D eigenvalue weighted by molar-refractivity contribution is 7.91. The van der Waals surface area contributed by atoms with Gasteiger partial charge < -0.3 is 5.32 Å². The van der Waals surface area contributed by atoms with Gasteiger partial charge in [-0.2, -0.15) is 0 Å². The SMILES string of the molecule is CCS(=O)(=O)CC(C)Nc1ccccc1F. The van der Waals surface area contributed by atoms with Crippen LogP contribution in [0.3, 0.4) is 0 Å². The number of halogens is 1. The summed E-state index contributed by atoms with van der Waals surface area (Å²) in [5.74, 6) is -0.253. The molecule has 0 saturated carbocycles. The highest BCUT2D eigenvalue weighted by atomic mass is 32.2. The van der Waals surface area contributed by atoms with Gasteiger partial charge in [-0.25, -0.2) is 12.8 Å². The molecule has 0 aliphatic rings. The van der Waals surface area contributed by atoms with Crippen LogP contribution in [0.25, 0.3) is 0 Å². The van der Waals surface area contributed by atoms with Gasteiger partial charge in [-0.1, -0.05) is 19.1 Å². The Bertz CT molecular complexity index is 445. The van der Waals surface area contributed by atoms with Crippen LogP contribution in [0.5, 0.6) is 0 Å². The third-order valence-electron chi connectivity index (χ3n) is 2.22. The van der Waals surface area contributed by atoms with Gasteiger partial charge in [0.25, 0.3) is 0 Å². The summed E-state index contributed by atoms with van der Waals surface area (Å²) in [5.41, 5.74) is 0.335. The molecule has 3 nitrogen and oxygen atoms in total. The fraction of sp³-hybridized carbons (Fsp3) is 0.455. The number of para-hydroxylation sites is 1. The van der Waals surface area contributed by atoms with Crippen molar-refractivity contribution in [3.05, 3.63) is 30.1 Å². The summed E-state index contributed by atoms with van der Waals surface area (Å²) >= 11 is 0. The Morgan fingerprint density at radius 2 is 2.00 bits per heavy atom. The lowest BCUT2D eigenvalue weighted by Crippen LogP contribution is -2.27. The van der Waals surface area contributed by atoms with E-state index in [1.54, 1.807) is 32.0 Å². The maximum atomic E-state index is 13.3. The third kappa shape index (κ3) is 3.81. The Kier molecular flexibility index (Phi) is 4.29. The summed E-state index contributed by atoms with van der Waals surface area (Å²) in [7, 11) is -3.04. The second-order valence-corrected chi connectivity index (χ2v) is 6.12. The molecule has 0 saturated heterocycles. The van der Waals surface area contributed by atoms with E-state index in [1.165, 1.54) is 6.07 Å². The molecule has 0 bridgehead atoms. The van der Waals surface area contributed by atoms with Crippen molar-refractivity contribution in [3.63, 3.8) is 0 Å². The third-order valence-corrected chi connectivity index (χ3v) is 4.11. The average Bonchev–Trinajstić information content (AvgIpc) is 2.21. The van der Waals surface area contributed by atoms with Crippen LogP contribution in [0.2, 0.25) is 0 Å². The molecule has 16 heavy (non-hydrogen) atoms. The fourth-order valence-electron chi connectivity index (χ4n) is 1.38. The van der Waals surface area contributed by atoms with Gasteiger partial charge in [0.15, 0.2) is 9.84 Å². The maximum absolute atomic E-state index is 13.3. The van der Waals surface area contributed by atoms with E-state index < -0.39 is 9.84 Å². The van der Waals surface area contributed by atoms with E-state index in [0.717, 1.165) is 0 Å². The normalized spacial score (nSPS) is 13.4. The number of hydrogen-bond acceptors (Lipinski definition) is 3. The molecule has 0 spiro atoms. The molecule has 0 heterocycles. The van der Waals surface area contributed by atoms with Crippen molar-refractivity contribution in [3.8, 4) is 0 Å². The quantitative estimate of drug-likeness (QED) is 0.863. The summed E-state index contributed by atoms with van der Waals surface area (Å²) in [6, 6.07) is 5.91. The molecule has 0 radical (unpaired) electrons. The molecule has 1 rings (SSSR count). The number of benzene rings is 1. The zero-order valence-electron chi connectivity index (χ0n) is 9.40. The number of anilines is 1. The molecule has 0 amide bonds. The zero-order chi connectivity index (χ0) is 12.2. The van der Waals surface area contributed by atoms with Crippen molar-refractivity contribution in [1.82, 2.24) is 0 Å². The van der Waals surface area contributed by atoms with Gasteiger partial charge in [0.2, 0.25) is 0 Å². The lowest BCUT2D eigenvalue weighted by molar-refractivity contribution is 0.592. The van der Waals surface area contributed by atoms with Gasteiger partial charge >= 0.3 is 0 Å². The van der Waals surface area contributed by atoms with Crippen molar-refractivity contribution in [2.45, 2.75) is 19.9 Å². The minimum atomic E-state index is -3.04. The highest BCUT2D eigenvalue weighted by Gasteiger charge is 2.14. The lowest BCUT2D eigenvalue weighted by atomic mass is 10.3. The molecule has 0 fully saturated rings. The smallest absolute Gasteiger partial charge is 0.152 e. The topological polar surface area (TPSA) is 46.2 Å². The summed E-state index contributed by atoms with van der Waals surface area (Å²) in [4.78, 5) is 0. The van der Waals surface area contributed by atoms with E-state index in [9.17, 15) is 12.8 Å². The minimum absolute atomic E-state index is 0.0117. The van der Waals surface area contributed by atoms with Gasteiger partial charge in [-0.3, -0.25) is 0 Å². The summed E-state index contributed by atoms with van der Waals surface area (Å²) in [5, 5.41) is 2.85. The van der Waals surface area contributed by atoms with Crippen LogP contribution in [0.4, 0.5) is 10.1 Å². The van der Waals surface area contributed by atoms with Crippen LogP contribution >= 0.6 is 0 Å². The zero-order valence-corrected chi connectivity index (χ0v) is 10.2. The number of rotatable bonds is 5. The van der Waals surface area contributed by atoms with Crippen molar-refractivity contribution >= 4 is 15.5 Å². The van der Waals surface area contributed by atoms with Gasteiger partial charge in [0, 0.05) is 11.8 Å². The Balaban J connectivity index is 2.66. The van der Waals surface area contributed by atoms with E-state index >= 15 is 0 Å². The Labute approximate surface area is 95.6 Å². The Morgan fingerprint density at radius 3 is 2.56 bits per heavy atom. The molecular formula is C11H16FNO2S. The largest absolute Gasteiger partial charge is 0.379 e. The monoisotopic (exact) mass is 245 g/mol. The maximum Gasteiger partial charge on any atom is 0.152 e. The molecule has 0 aromatic heterocycles. The molecule has 5 heteroatoms. The van der Waals surface area contributed by atoms with E-state index in [2.05, 4.69) is 5.32 Å². The van der Waals surface area contributed by atoms with E-state index in [4.69, 9.17) is 0 Å². The van der Waals surface area contributed by atoms with E-state index in [1.807, 2.05) is 0 Å². The predicted molar refractivity (Wildman–Crippen MR) is 63.8 cm³/mol. The van der Waals surface area contributed by atoms with Crippen LogP contribution in [0, 0.1) is 5.82 Å². The first-order valence-electron chi connectivity index (χ1n) is 5.16. The summed E-state index contributed by atoms with van der Waals surface area (Å²) in [6.45, 7) is 3.32. The Hall–Kier alpha value is -1.10. The molecule has 90 valence electrons. The van der Waals surface area contributed by atoms with Crippen molar-refractivity contribution in [2.24, 2.45) is 0 Å². The van der Waals surface area contributed by atoms with Gasteiger partial charge in [0.05, 0.1) is 11.4 Å². The van der Waals surface area contributed by atoms with Gasteiger partial charge in [0.1, 0.15) is 5.82 Å². The van der Waals surface area contributed by atoms with Crippen molar-refractivity contribution in [2.75, 3.05) is 16.8 Å². The molecule has 0 aliphatic heterocycles. The highest BCUT2D eigenvalue weighted by Crippen LogP contribution is 2.14. The first kappa shape index (κ1) is 13.0. The molecule has 1 aromatic carbocycles. The standard InChI is InChI=1S/C11H16FNO2S/c1-3-16(14,15)8-9(2)13-11-7-5-4-6-10(11)12/h4-7,9,13H,3,8H2,1-2H3. The number of sulfone groups is 1. The molecule has 1 atom stereocenters. The van der Waals surface area contributed by atoms with Crippen LogP contribution in [0.1, 0.15) is 13.8 Å². The van der Waals surface area contributed by atoms with E-state index in [-0.39, 0.29) is 23.4 Å². The summed E-state index contributed by atoms with van der Waals surface area (Å²) < 4.78 is 36.0. The van der Waals surface area contributed by atoms with Crippen LogP contribution in [-0.4, -0.2) is 26.0 Å². The lowest BCUT2D eigenvalue weighted by Gasteiger charge is -2.15. The van der Waals surface area contributed by atoms with Gasteiger partial charge in [-0.15, -0.1) is 0 Å². The molecule has 0 aliphatic carbocycles. The second kappa shape index (κ2) is 5.30. The fourth-order valence-corrected chi connectivity index (χ4v) is 2.46. The average molecular weight is 245 g/mol. The van der Waals surface area contributed by atoms with Gasteiger partial charge in [-0.05, 0) is 19.1 Å². The first-order chi connectivity index (χ1) is 7.44. The Morgan fingerprint density at radius 1 is 1.38 bits per heavy atom. The van der Waals surface area contributed by atoms with E-state index in [0.29, 0.717) is 5.69 Å². The van der Waals surface area contributed by atoms with Crippen LogP contribution in [0.15, 0.2) is 24.3 Å². The molecule has 1 unspecified atom stereocenters. The second-order valence-electron chi connectivity index (χ2n) is 3.72. The predicted octanol–water partition coefficient (Wildman–Crippen LogP) is 2.06. The minimum Gasteiger partial charge on any atom is -0.379 e. The molecular weight excluding hydrogens is 229 g/mol. The van der Waals surface area contributed by atoms with Crippen LogP contribution in [-0.2, 0) is 9.84 Å².